The minimum atomic E-state index is -4.11. The largest absolute Gasteiger partial charge is 0.319 e. The summed E-state index contributed by atoms with van der Waals surface area (Å²) in [4.78, 5) is 15.3. The summed E-state index contributed by atoms with van der Waals surface area (Å²) in [6.45, 7) is 0. The molecule has 0 atom stereocenters. The molecule has 0 saturated carbocycles. The number of anilines is 1. The maximum absolute atomic E-state index is 13.2. The number of hydrogen-bond acceptors (Lipinski definition) is 4. The number of amides is 1. The molecule has 0 radical (unpaired) electrons. The normalized spacial score (nSPS) is 11.2. The van der Waals surface area contributed by atoms with E-state index in [1.165, 1.54) is 18.3 Å². The number of nitrogens with zero attached hydrogens (tertiary/aromatic N) is 1. The number of carbonyl (C=O) groups is 1. The van der Waals surface area contributed by atoms with Crippen molar-refractivity contribution in [2.45, 2.75) is 4.90 Å². The fraction of sp³-hybridized carbons (Fsp3) is 0. The molecule has 110 valence electrons. The van der Waals surface area contributed by atoms with Gasteiger partial charge in [-0.2, -0.15) is 0 Å². The third kappa shape index (κ3) is 3.75. The van der Waals surface area contributed by atoms with Crippen LogP contribution in [0.25, 0.3) is 0 Å². The zero-order chi connectivity index (χ0) is 15.6. The number of nitrogens with one attached hydrogen (secondary N) is 1. The first-order valence-electron chi connectivity index (χ1n) is 5.52. The van der Waals surface area contributed by atoms with Crippen molar-refractivity contribution >= 4 is 33.2 Å². The van der Waals surface area contributed by atoms with Crippen molar-refractivity contribution in [3.63, 3.8) is 0 Å². The Morgan fingerprint density at radius 2 is 2.00 bits per heavy atom. The van der Waals surface area contributed by atoms with Crippen LogP contribution < -0.4 is 10.5 Å². The Morgan fingerprint density at radius 3 is 2.57 bits per heavy atom. The van der Waals surface area contributed by atoms with Gasteiger partial charge < -0.3 is 5.32 Å². The van der Waals surface area contributed by atoms with Gasteiger partial charge in [0.25, 0.3) is 5.91 Å². The molecule has 21 heavy (non-hydrogen) atoms. The molecule has 1 aromatic heterocycles. The van der Waals surface area contributed by atoms with E-state index in [-0.39, 0.29) is 11.4 Å². The van der Waals surface area contributed by atoms with E-state index in [1.54, 1.807) is 0 Å². The van der Waals surface area contributed by atoms with Gasteiger partial charge in [-0.15, -0.1) is 0 Å². The maximum Gasteiger partial charge on any atom is 0.274 e. The van der Waals surface area contributed by atoms with Gasteiger partial charge in [0.2, 0.25) is 10.0 Å². The number of benzene rings is 1. The Balaban J connectivity index is 2.37. The number of halogens is 2. The number of aromatic nitrogens is 1. The van der Waals surface area contributed by atoms with E-state index in [1.807, 2.05) is 0 Å². The van der Waals surface area contributed by atoms with E-state index >= 15 is 0 Å². The zero-order valence-electron chi connectivity index (χ0n) is 10.4. The molecule has 2 rings (SSSR count). The van der Waals surface area contributed by atoms with Crippen LogP contribution in [-0.2, 0) is 10.0 Å². The first-order chi connectivity index (χ1) is 9.77. The molecular formula is C12H9ClFN3O3S. The molecule has 0 aliphatic carbocycles. The predicted molar refractivity (Wildman–Crippen MR) is 75.0 cm³/mol. The van der Waals surface area contributed by atoms with Gasteiger partial charge in [0.1, 0.15) is 16.4 Å². The van der Waals surface area contributed by atoms with Crippen molar-refractivity contribution < 1.29 is 17.6 Å². The summed E-state index contributed by atoms with van der Waals surface area (Å²) >= 11 is 5.64. The highest BCUT2D eigenvalue weighted by Crippen LogP contribution is 2.21. The third-order valence-electron chi connectivity index (χ3n) is 2.46. The lowest BCUT2D eigenvalue weighted by molar-refractivity contribution is 0.102. The highest BCUT2D eigenvalue weighted by Gasteiger charge is 2.17. The first kappa shape index (κ1) is 15.4. The second kappa shape index (κ2) is 5.76. The Hall–Kier alpha value is -2.03. The predicted octanol–water partition coefficient (Wildman–Crippen LogP) is 1.77. The Labute approximate surface area is 124 Å². The molecule has 0 bridgehead atoms. The average molecular weight is 330 g/mol. The standard InChI is InChI=1S/C12H9ClFN3O3S/c13-7-1-3-9(16-6-7)12(18)17-10-5-8(14)2-4-11(10)21(15,19)20/h1-6H,(H,17,18)(H2,15,19,20). The number of primary sulfonamides is 1. The summed E-state index contributed by atoms with van der Waals surface area (Å²) in [5.41, 5.74) is -0.275. The van der Waals surface area contributed by atoms with E-state index in [4.69, 9.17) is 16.7 Å². The number of carbonyl (C=O) groups excluding carboxylic acids is 1. The Bertz CT molecular complexity index is 794. The number of nitrogens with two attached hydrogens (primary N) is 1. The van der Waals surface area contributed by atoms with E-state index < -0.39 is 26.6 Å². The van der Waals surface area contributed by atoms with Gasteiger partial charge in [-0.3, -0.25) is 4.79 Å². The minimum absolute atomic E-state index is 0.0102. The molecule has 1 amide bonds. The van der Waals surface area contributed by atoms with Gasteiger partial charge >= 0.3 is 0 Å². The molecular weight excluding hydrogens is 321 g/mol. The summed E-state index contributed by atoms with van der Waals surface area (Å²) in [7, 11) is -4.11. The molecule has 0 fully saturated rings. The van der Waals surface area contributed by atoms with Crippen molar-refractivity contribution in [3.05, 3.63) is 53.1 Å². The maximum atomic E-state index is 13.2. The molecule has 0 saturated heterocycles. The Kier molecular flexibility index (Phi) is 4.21. The van der Waals surface area contributed by atoms with Gasteiger partial charge in [-0.05, 0) is 30.3 Å². The van der Waals surface area contributed by atoms with Crippen LogP contribution in [0.3, 0.4) is 0 Å². The van der Waals surface area contributed by atoms with Gasteiger partial charge in [-0.25, -0.2) is 22.9 Å². The van der Waals surface area contributed by atoms with Crippen molar-refractivity contribution in [1.82, 2.24) is 4.98 Å². The number of hydrogen-bond donors (Lipinski definition) is 2. The quantitative estimate of drug-likeness (QED) is 0.895. The van der Waals surface area contributed by atoms with Gasteiger partial charge in [0.15, 0.2) is 0 Å². The fourth-order valence-corrected chi connectivity index (χ4v) is 2.33. The molecule has 0 spiro atoms. The van der Waals surface area contributed by atoms with Crippen LogP contribution in [0.5, 0.6) is 0 Å². The summed E-state index contributed by atoms with van der Waals surface area (Å²) in [5, 5.41) is 7.59. The van der Waals surface area contributed by atoms with Crippen molar-refractivity contribution in [2.75, 3.05) is 5.32 Å². The van der Waals surface area contributed by atoms with Crippen molar-refractivity contribution in [3.8, 4) is 0 Å². The topological polar surface area (TPSA) is 102 Å². The SMILES string of the molecule is NS(=O)(=O)c1ccc(F)cc1NC(=O)c1ccc(Cl)cn1. The smallest absolute Gasteiger partial charge is 0.274 e. The monoisotopic (exact) mass is 329 g/mol. The summed E-state index contributed by atoms with van der Waals surface area (Å²) in [6, 6.07) is 5.53. The van der Waals surface area contributed by atoms with Crippen LogP contribution in [0.2, 0.25) is 5.02 Å². The van der Waals surface area contributed by atoms with E-state index in [9.17, 15) is 17.6 Å². The number of rotatable bonds is 3. The second-order valence-electron chi connectivity index (χ2n) is 4.00. The van der Waals surface area contributed by atoms with Crippen molar-refractivity contribution in [2.24, 2.45) is 5.14 Å². The van der Waals surface area contributed by atoms with Gasteiger partial charge in [0, 0.05) is 6.20 Å². The Morgan fingerprint density at radius 1 is 1.29 bits per heavy atom. The molecule has 1 aromatic carbocycles. The lowest BCUT2D eigenvalue weighted by Crippen LogP contribution is -2.19. The summed E-state index contributed by atoms with van der Waals surface area (Å²) in [6.07, 6.45) is 1.25. The summed E-state index contributed by atoms with van der Waals surface area (Å²) in [5.74, 6) is -1.44. The molecule has 2 aromatic rings. The van der Waals surface area contributed by atoms with Crippen LogP contribution in [0.1, 0.15) is 10.5 Å². The molecule has 9 heteroatoms. The molecule has 0 aliphatic rings. The van der Waals surface area contributed by atoms with Gasteiger partial charge in [-0.1, -0.05) is 11.6 Å². The van der Waals surface area contributed by atoms with Crippen LogP contribution in [0.15, 0.2) is 41.4 Å². The summed E-state index contributed by atoms with van der Waals surface area (Å²) < 4.78 is 36.0. The highest BCUT2D eigenvalue weighted by molar-refractivity contribution is 7.89. The van der Waals surface area contributed by atoms with Crippen LogP contribution in [0.4, 0.5) is 10.1 Å². The van der Waals surface area contributed by atoms with Crippen LogP contribution in [-0.4, -0.2) is 19.3 Å². The zero-order valence-corrected chi connectivity index (χ0v) is 12.0. The molecule has 0 aliphatic heterocycles. The minimum Gasteiger partial charge on any atom is -0.319 e. The van der Waals surface area contributed by atoms with E-state index in [2.05, 4.69) is 10.3 Å². The molecule has 1 heterocycles. The third-order valence-corrected chi connectivity index (χ3v) is 3.65. The molecule has 6 nitrogen and oxygen atoms in total. The van der Waals surface area contributed by atoms with Crippen LogP contribution >= 0.6 is 11.6 Å². The van der Waals surface area contributed by atoms with Gasteiger partial charge in [0.05, 0.1) is 10.7 Å². The lowest BCUT2D eigenvalue weighted by Gasteiger charge is -2.09. The molecule has 0 unspecified atom stereocenters. The fourth-order valence-electron chi connectivity index (χ4n) is 1.54. The molecule has 3 N–H and O–H groups in total. The number of sulfonamides is 1. The first-order valence-corrected chi connectivity index (χ1v) is 7.45. The number of pyridine rings is 1. The van der Waals surface area contributed by atoms with Crippen molar-refractivity contribution in [1.29, 1.82) is 0 Å². The van der Waals surface area contributed by atoms with Crippen LogP contribution in [0, 0.1) is 5.82 Å². The van der Waals surface area contributed by atoms with E-state index in [0.29, 0.717) is 5.02 Å². The second-order valence-corrected chi connectivity index (χ2v) is 5.97. The lowest BCUT2D eigenvalue weighted by atomic mass is 10.3. The average Bonchev–Trinajstić information content (AvgIpc) is 2.38. The van der Waals surface area contributed by atoms with E-state index in [0.717, 1.165) is 18.2 Å². The highest BCUT2D eigenvalue weighted by atomic mass is 35.5.